The van der Waals surface area contributed by atoms with Gasteiger partial charge < -0.3 is 5.32 Å². The second-order valence-electron chi connectivity index (χ2n) is 3.79. The van der Waals surface area contributed by atoms with Gasteiger partial charge in [0.2, 0.25) is 0 Å². The van der Waals surface area contributed by atoms with Crippen molar-refractivity contribution in [3.8, 4) is 6.07 Å². The number of nitriles is 1. The fraction of sp³-hybridized carbons (Fsp3) is 0.333. The van der Waals surface area contributed by atoms with Gasteiger partial charge in [-0.3, -0.25) is 14.9 Å². The van der Waals surface area contributed by atoms with Crippen LogP contribution in [-0.2, 0) is 0 Å². The molecule has 1 N–H and O–H groups in total. The highest BCUT2D eigenvalue weighted by Crippen LogP contribution is 2.22. The molecule has 6 nitrogen and oxygen atoms in total. The first-order valence-corrected chi connectivity index (χ1v) is 6.03. The molecule has 19 heavy (non-hydrogen) atoms. The molecule has 0 aliphatic rings. The average molecular weight is 282 g/mol. The number of nitrogens with one attached hydrogen (secondary N) is 1. The molecule has 0 heterocycles. The zero-order valence-electron chi connectivity index (χ0n) is 10.1. The molecule has 1 aromatic carbocycles. The Bertz CT molecular complexity index is 525. The summed E-state index contributed by atoms with van der Waals surface area (Å²) in [5.74, 6) is -0.378. The van der Waals surface area contributed by atoms with Gasteiger partial charge in [0.25, 0.3) is 11.6 Å². The second-order valence-corrected chi connectivity index (χ2v) is 4.20. The molecular weight excluding hydrogens is 270 g/mol. The number of nitro benzene ring substituents is 1. The summed E-state index contributed by atoms with van der Waals surface area (Å²) < 4.78 is 0. The van der Waals surface area contributed by atoms with E-state index in [0.29, 0.717) is 25.8 Å². The van der Waals surface area contributed by atoms with Crippen molar-refractivity contribution >= 4 is 23.2 Å². The maximum Gasteiger partial charge on any atom is 0.270 e. The standard InChI is InChI=1S/C12H12ClN3O3/c13-11-8-9(16(18)19)4-5-10(11)12(17)15-7-3-1-2-6-14/h4-5,8H,1-3,7H2,(H,15,17). The number of non-ortho nitro benzene ring substituents is 1. The molecular formula is C12H12ClN3O3. The summed E-state index contributed by atoms with van der Waals surface area (Å²) in [4.78, 5) is 21.7. The van der Waals surface area contributed by atoms with E-state index in [1.165, 1.54) is 12.1 Å². The van der Waals surface area contributed by atoms with E-state index in [0.717, 1.165) is 6.07 Å². The smallest absolute Gasteiger partial charge is 0.270 e. The van der Waals surface area contributed by atoms with Crippen LogP contribution < -0.4 is 5.32 Å². The number of nitro groups is 1. The van der Waals surface area contributed by atoms with Crippen LogP contribution >= 0.6 is 11.6 Å². The molecule has 100 valence electrons. The third kappa shape index (κ3) is 4.56. The molecule has 0 bridgehead atoms. The highest BCUT2D eigenvalue weighted by Gasteiger charge is 2.14. The predicted molar refractivity (Wildman–Crippen MR) is 69.9 cm³/mol. The molecule has 0 atom stereocenters. The van der Waals surface area contributed by atoms with Crippen LogP contribution in [0.25, 0.3) is 0 Å². The van der Waals surface area contributed by atoms with Crippen molar-refractivity contribution in [2.75, 3.05) is 6.54 Å². The van der Waals surface area contributed by atoms with Gasteiger partial charge in [-0.15, -0.1) is 0 Å². The number of rotatable bonds is 6. The van der Waals surface area contributed by atoms with Crippen LogP contribution in [0.1, 0.15) is 29.6 Å². The van der Waals surface area contributed by atoms with Gasteiger partial charge in [0, 0.05) is 25.1 Å². The van der Waals surface area contributed by atoms with E-state index in [-0.39, 0.29) is 22.2 Å². The molecule has 0 unspecified atom stereocenters. The van der Waals surface area contributed by atoms with E-state index in [9.17, 15) is 14.9 Å². The molecule has 0 aliphatic carbocycles. The number of hydrogen-bond donors (Lipinski definition) is 1. The summed E-state index contributed by atoms with van der Waals surface area (Å²) in [5.41, 5.74) is 0.0446. The topological polar surface area (TPSA) is 96.0 Å². The van der Waals surface area contributed by atoms with Crippen molar-refractivity contribution in [2.24, 2.45) is 0 Å². The summed E-state index contributed by atoms with van der Waals surface area (Å²) in [7, 11) is 0. The fourth-order valence-electron chi connectivity index (χ4n) is 1.43. The van der Waals surface area contributed by atoms with Crippen molar-refractivity contribution in [3.05, 3.63) is 38.9 Å². The van der Waals surface area contributed by atoms with Crippen LogP contribution in [0.5, 0.6) is 0 Å². The van der Waals surface area contributed by atoms with E-state index in [1.807, 2.05) is 6.07 Å². The minimum atomic E-state index is -0.574. The number of nitrogens with zero attached hydrogens (tertiary/aromatic N) is 2. The van der Waals surface area contributed by atoms with E-state index in [2.05, 4.69) is 5.32 Å². The third-order valence-corrected chi connectivity index (χ3v) is 2.72. The Morgan fingerprint density at radius 1 is 1.47 bits per heavy atom. The molecule has 0 saturated heterocycles. The Kier molecular flexibility index (Phi) is 5.76. The third-order valence-electron chi connectivity index (χ3n) is 2.41. The van der Waals surface area contributed by atoms with Gasteiger partial charge >= 0.3 is 0 Å². The van der Waals surface area contributed by atoms with Gasteiger partial charge in [-0.25, -0.2) is 0 Å². The molecule has 1 amide bonds. The molecule has 0 fully saturated rings. The highest BCUT2D eigenvalue weighted by atomic mass is 35.5. The summed E-state index contributed by atoms with van der Waals surface area (Å²) in [6, 6.07) is 5.72. The minimum absolute atomic E-state index is 0.0451. The van der Waals surface area contributed by atoms with Gasteiger partial charge in [0.15, 0.2) is 0 Å². The lowest BCUT2D eigenvalue weighted by atomic mass is 10.2. The normalized spacial score (nSPS) is 9.68. The number of unbranched alkanes of at least 4 members (excludes halogenated alkanes) is 2. The predicted octanol–water partition coefficient (Wildman–Crippen LogP) is 2.67. The van der Waals surface area contributed by atoms with Crippen molar-refractivity contribution in [2.45, 2.75) is 19.3 Å². The summed E-state index contributed by atoms with van der Waals surface area (Å²) in [6.07, 6.45) is 1.86. The summed E-state index contributed by atoms with van der Waals surface area (Å²) >= 11 is 5.82. The van der Waals surface area contributed by atoms with Gasteiger partial charge in [0.1, 0.15) is 0 Å². The van der Waals surface area contributed by atoms with Crippen molar-refractivity contribution < 1.29 is 9.72 Å². The van der Waals surface area contributed by atoms with Crippen molar-refractivity contribution in [1.82, 2.24) is 5.32 Å². The molecule has 1 rings (SSSR count). The van der Waals surface area contributed by atoms with Gasteiger partial charge in [-0.2, -0.15) is 5.26 Å². The number of benzene rings is 1. The number of halogens is 1. The fourth-order valence-corrected chi connectivity index (χ4v) is 1.69. The lowest BCUT2D eigenvalue weighted by molar-refractivity contribution is -0.384. The lowest BCUT2D eigenvalue weighted by Gasteiger charge is -2.06. The number of amides is 1. The van der Waals surface area contributed by atoms with Crippen molar-refractivity contribution in [3.63, 3.8) is 0 Å². The van der Waals surface area contributed by atoms with Gasteiger partial charge in [-0.05, 0) is 18.9 Å². The zero-order chi connectivity index (χ0) is 14.3. The quantitative estimate of drug-likeness (QED) is 0.492. The Balaban J connectivity index is 2.58. The first-order valence-electron chi connectivity index (χ1n) is 5.65. The van der Waals surface area contributed by atoms with E-state index >= 15 is 0 Å². The Labute approximate surface area is 115 Å². The van der Waals surface area contributed by atoms with Crippen LogP contribution in [0, 0.1) is 21.4 Å². The van der Waals surface area contributed by atoms with Gasteiger partial charge in [0.05, 0.1) is 21.6 Å². The Morgan fingerprint density at radius 3 is 2.79 bits per heavy atom. The number of carbonyl (C=O) groups excluding carboxylic acids is 1. The van der Waals surface area contributed by atoms with E-state index in [1.54, 1.807) is 0 Å². The van der Waals surface area contributed by atoms with Crippen LogP contribution in [0.2, 0.25) is 5.02 Å². The summed E-state index contributed by atoms with van der Waals surface area (Å²) in [6.45, 7) is 0.438. The van der Waals surface area contributed by atoms with Crippen LogP contribution in [0.3, 0.4) is 0 Å². The van der Waals surface area contributed by atoms with Crippen LogP contribution in [0.4, 0.5) is 5.69 Å². The molecule has 0 saturated carbocycles. The SMILES string of the molecule is N#CCCCCNC(=O)c1ccc([N+](=O)[O-])cc1Cl. The first-order chi connectivity index (χ1) is 9.06. The van der Waals surface area contributed by atoms with Gasteiger partial charge in [-0.1, -0.05) is 11.6 Å². The number of carbonyl (C=O) groups is 1. The average Bonchev–Trinajstić information content (AvgIpc) is 2.38. The largest absolute Gasteiger partial charge is 0.352 e. The molecule has 7 heteroatoms. The molecule has 0 radical (unpaired) electrons. The van der Waals surface area contributed by atoms with Crippen LogP contribution in [-0.4, -0.2) is 17.4 Å². The van der Waals surface area contributed by atoms with E-state index in [4.69, 9.17) is 16.9 Å². The lowest BCUT2D eigenvalue weighted by Crippen LogP contribution is -2.24. The molecule has 1 aromatic rings. The first kappa shape index (κ1) is 14.9. The second kappa shape index (κ2) is 7.34. The molecule has 0 spiro atoms. The Morgan fingerprint density at radius 2 is 2.21 bits per heavy atom. The Hall–Kier alpha value is -2.13. The monoisotopic (exact) mass is 281 g/mol. The number of hydrogen-bond acceptors (Lipinski definition) is 4. The highest BCUT2D eigenvalue weighted by molar-refractivity contribution is 6.34. The van der Waals surface area contributed by atoms with E-state index < -0.39 is 4.92 Å². The maximum absolute atomic E-state index is 11.7. The molecule has 0 aromatic heterocycles. The zero-order valence-corrected chi connectivity index (χ0v) is 10.8. The van der Waals surface area contributed by atoms with Crippen LogP contribution in [0.15, 0.2) is 18.2 Å². The maximum atomic E-state index is 11.7. The minimum Gasteiger partial charge on any atom is -0.352 e. The van der Waals surface area contributed by atoms with Crippen molar-refractivity contribution in [1.29, 1.82) is 5.26 Å². The molecule has 0 aliphatic heterocycles. The summed E-state index contributed by atoms with van der Waals surface area (Å²) in [5, 5.41) is 21.6.